The highest BCUT2D eigenvalue weighted by molar-refractivity contribution is 5.90. The summed E-state index contributed by atoms with van der Waals surface area (Å²) in [6, 6.07) is 7.75. The molecular weight excluding hydrogens is 278 g/mol. The second-order valence-corrected chi connectivity index (χ2v) is 5.90. The Morgan fingerprint density at radius 1 is 1.36 bits per heavy atom. The van der Waals surface area contributed by atoms with Gasteiger partial charge in [0.25, 0.3) is 0 Å². The van der Waals surface area contributed by atoms with E-state index in [1.807, 2.05) is 49.9 Å². The number of carbonyl (C=O) groups excluding carboxylic acids is 1. The van der Waals surface area contributed by atoms with Crippen LogP contribution in [0.3, 0.4) is 0 Å². The van der Waals surface area contributed by atoms with Gasteiger partial charge in [-0.2, -0.15) is 0 Å². The van der Waals surface area contributed by atoms with Crippen LogP contribution in [-0.4, -0.2) is 22.6 Å². The van der Waals surface area contributed by atoms with Crippen molar-refractivity contribution in [2.75, 3.05) is 11.9 Å². The number of aromatic nitrogens is 1. The van der Waals surface area contributed by atoms with E-state index in [0.717, 1.165) is 42.1 Å². The zero-order chi connectivity index (χ0) is 15.7. The number of likely N-dealkylation sites (tertiary alicyclic amines) is 1. The van der Waals surface area contributed by atoms with Crippen LogP contribution in [0, 0.1) is 20.8 Å². The summed E-state index contributed by atoms with van der Waals surface area (Å²) in [5.74, 6) is 0.770. The molecule has 116 valence electrons. The monoisotopic (exact) mass is 299 g/mol. The van der Waals surface area contributed by atoms with Gasteiger partial charge in [-0.05, 0) is 50.8 Å². The van der Waals surface area contributed by atoms with Crippen molar-refractivity contribution in [3.63, 3.8) is 0 Å². The lowest BCUT2D eigenvalue weighted by molar-refractivity contribution is 0.195. The van der Waals surface area contributed by atoms with Crippen LogP contribution in [0.15, 0.2) is 28.8 Å². The van der Waals surface area contributed by atoms with Gasteiger partial charge in [0, 0.05) is 18.3 Å². The minimum Gasteiger partial charge on any atom is -0.359 e. The molecular formula is C17H21N3O2. The zero-order valence-electron chi connectivity index (χ0n) is 13.2. The minimum atomic E-state index is -0.0785. The Bertz CT molecular complexity index is 693. The summed E-state index contributed by atoms with van der Waals surface area (Å²) < 4.78 is 5.35. The average Bonchev–Trinajstić information content (AvgIpc) is 3.12. The molecule has 2 amide bonds. The van der Waals surface area contributed by atoms with Crippen LogP contribution in [0.5, 0.6) is 0 Å². The Morgan fingerprint density at radius 3 is 2.91 bits per heavy atom. The number of nitrogens with one attached hydrogen (secondary N) is 1. The average molecular weight is 299 g/mol. The van der Waals surface area contributed by atoms with E-state index in [9.17, 15) is 4.79 Å². The van der Waals surface area contributed by atoms with Gasteiger partial charge < -0.3 is 14.7 Å². The highest BCUT2D eigenvalue weighted by Crippen LogP contribution is 2.33. The van der Waals surface area contributed by atoms with Gasteiger partial charge in [-0.15, -0.1) is 0 Å². The van der Waals surface area contributed by atoms with E-state index in [2.05, 4.69) is 10.5 Å². The first kappa shape index (κ1) is 14.6. The number of urea groups is 1. The van der Waals surface area contributed by atoms with Gasteiger partial charge in [-0.3, -0.25) is 0 Å². The lowest BCUT2D eigenvalue weighted by Gasteiger charge is -2.23. The molecule has 0 aliphatic carbocycles. The number of carbonyl (C=O) groups is 1. The van der Waals surface area contributed by atoms with Gasteiger partial charge in [-0.1, -0.05) is 17.3 Å². The number of benzene rings is 1. The van der Waals surface area contributed by atoms with E-state index < -0.39 is 0 Å². The zero-order valence-corrected chi connectivity index (χ0v) is 13.2. The molecule has 0 bridgehead atoms. The highest BCUT2D eigenvalue weighted by Gasteiger charge is 2.32. The predicted molar refractivity (Wildman–Crippen MR) is 84.9 cm³/mol. The summed E-state index contributed by atoms with van der Waals surface area (Å²) in [6.07, 6.45) is 1.89. The summed E-state index contributed by atoms with van der Waals surface area (Å²) in [5.41, 5.74) is 3.98. The number of rotatable bonds is 2. The van der Waals surface area contributed by atoms with Crippen LogP contribution in [0.1, 0.15) is 41.5 Å². The number of nitrogens with zero attached hydrogens (tertiary/aromatic N) is 2. The van der Waals surface area contributed by atoms with Crippen LogP contribution in [0.2, 0.25) is 0 Å². The Hall–Kier alpha value is -2.30. The molecule has 1 aliphatic heterocycles. The lowest BCUT2D eigenvalue weighted by Crippen LogP contribution is -2.34. The molecule has 1 aromatic heterocycles. The summed E-state index contributed by atoms with van der Waals surface area (Å²) in [6.45, 7) is 6.69. The molecule has 0 saturated carbocycles. The fourth-order valence-corrected chi connectivity index (χ4v) is 2.92. The molecule has 1 atom stereocenters. The fraction of sp³-hybridized carbons (Fsp3) is 0.412. The fourth-order valence-electron chi connectivity index (χ4n) is 2.92. The molecule has 2 aromatic rings. The maximum atomic E-state index is 12.6. The molecule has 0 unspecified atom stereocenters. The second-order valence-electron chi connectivity index (χ2n) is 5.90. The van der Waals surface area contributed by atoms with E-state index in [-0.39, 0.29) is 12.1 Å². The number of aryl methyl sites for hydroxylation is 2. The third-order valence-corrected chi connectivity index (χ3v) is 4.33. The molecule has 3 rings (SSSR count). The van der Waals surface area contributed by atoms with Crippen molar-refractivity contribution < 1.29 is 9.32 Å². The molecule has 2 heterocycles. The Morgan fingerprint density at radius 2 is 2.18 bits per heavy atom. The highest BCUT2D eigenvalue weighted by atomic mass is 16.5. The van der Waals surface area contributed by atoms with E-state index in [4.69, 9.17) is 4.52 Å². The van der Waals surface area contributed by atoms with Crippen LogP contribution < -0.4 is 5.32 Å². The summed E-state index contributed by atoms with van der Waals surface area (Å²) >= 11 is 0. The number of anilines is 1. The molecule has 5 heteroatoms. The first-order chi connectivity index (χ1) is 10.6. The summed E-state index contributed by atoms with van der Waals surface area (Å²) in [4.78, 5) is 14.5. The van der Waals surface area contributed by atoms with E-state index >= 15 is 0 Å². The second kappa shape index (κ2) is 5.83. The van der Waals surface area contributed by atoms with E-state index in [1.54, 1.807) is 0 Å². The van der Waals surface area contributed by atoms with Gasteiger partial charge in [0.05, 0.1) is 11.7 Å². The lowest BCUT2D eigenvalue weighted by atomic mass is 10.1. The Labute approximate surface area is 130 Å². The van der Waals surface area contributed by atoms with Crippen molar-refractivity contribution in [2.24, 2.45) is 0 Å². The molecule has 5 nitrogen and oxygen atoms in total. The largest absolute Gasteiger partial charge is 0.359 e. The smallest absolute Gasteiger partial charge is 0.322 e. The van der Waals surface area contributed by atoms with Crippen LogP contribution in [-0.2, 0) is 0 Å². The number of hydrogen-bond donors (Lipinski definition) is 1. The van der Waals surface area contributed by atoms with Gasteiger partial charge in [0.1, 0.15) is 0 Å². The summed E-state index contributed by atoms with van der Waals surface area (Å²) in [5, 5.41) is 6.96. The first-order valence-corrected chi connectivity index (χ1v) is 7.63. The van der Waals surface area contributed by atoms with Crippen molar-refractivity contribution in [1.29, 1.82) is 0 Å². The van der Waals surface area contributed by atoms with Crippen molar-refractivity contribution in [3.8, 4) is 0 Å². The maximum Gasteiger partial charge on any atom is 0.322 e. The standard InChI is InChI=1S/C17H21N3O2/c1-11-6-4-7-14(13(11)3)18-17(21)20-9-5-8-15(20)16-10-12(2)19-22-16/h4,6-7,10,15H,5,8-9H2,1-3H3,(H,18,21)/t15-/m0/s1. The first-order valence-electron chi connectivity index (χ1n) is 7.63. The van der Waals surface area contributed by atoms with Crippen molar-refractivity contribution in [3.05, 3.63) is 46.8 Å². The normalized spacial score (nSPS) is 17.8. The maximum absolute atomic E-state index is 12.6. The topological polar surface area (TPSA) is 58.4 Å². The third kappa shape index (κ3) is 2.71. The number of amides is 2. The van der Waals surface area contributed by atoms with E-state index in [0.29, 0.717) is 0 Å². The molecule has 1 fully saturated rings. The SMILES string of the molecule is Cc1cc([C@@H]2CCCN2C(=O)Nc2cccc(C)c2C)on1. The van der Waals surface area contributed by atoms with Crippen molar-refractivity contribution in [1.82, 2.24) is 10.1 Å². The third-order valence-electron chi connectivity index (χ3n) is 4.33. The van der Waals surface area contributed by atoms with Gasteiger partial charge in [-0.25, -0.2) is 4.79 Å². The summed E-state index contributed by atoms with van der Waals surface area (Å²) in [7, 11) is 0. The molecule has 0 spiro atoms. The predicted octanol–water partition coefficient (Wildman–Crippen LogP) is 3.97. The van der Waals surface area contributed by atoms with Crippen molar-refractivity contribution in [2.45, 2.75) is 39.7 Å². The van der Waals surface area contributed by atoms with Crippen LogP contribution in [0.25, 0.3) is 0 Å². The van der Waals surface area contributed by atoms with Crippen LogP contribution in [0.4, 0.5) is 10.5 Å². The van der Waals surface area contributed by atoms with Crippen LogP contribution >= 0.6 is 0 Å². The minimum absolute atomic E-state index is 0.0219. The molecule has 1 N–H and O–H groups in total. The molecule has 22 heavy (non-hydrogen) atoms. The van der Waals surface area contributed by atoms with Gasteiger partial charge in [0.15, 0.2) is 5.76 Å². The number of hydrogen-bond acceptors (Lipinski definition) is 3. The Kier molecular flexibility index (Phi) is 3.88. The van der Waals surface area contributed by atoms with Gasteiger partial charge >= 0.3 is 6.03 Å². The van der Waals surface area contributed by atoms with Crippen molar-refractivity contribution >= 4 is 11.7 Å². The van der Waals surface area contributed by atoms with Gasteiger partial charge in [0.2, 0.25) is 0 Å². The van der Waals surface area contributed by atoms with E-state index in [1.165, 1.54) is 5.56 Å². The molecule has 1 aliphatic rings. The molecule has 0 radical (unpaired) electrons. The molecule has 1 aromatic carbocycles. The molecule has 1 saturated heterocycles. The quantitative estimate of drug-likeness (QED) is 0.912. The Balaban J connectivity index is 1.78.